The molecule has 1 aromatic heterocycles. The lowest BCUT2D eigenvalue weighted by Crippen LogP contribution is -2.07. The van der Waals surface area contributed by atoms with Gasteiger partial charge in [0.25, 0.3) is 0 Å². The number of H-pyrrole nitrogens is 1. The van der Waals surface area contributed by atoms with Crippen LogP contribution >= 0.6 is 11.8 Å². The zero-order valence-electron chi connectivity index (χ0n) is 12.0. The van der Waals surface area contributed by atoms with E-state index in [2.05, 4.69) is 9.97 Å². The van der Waals surface area contributed by atoms with Gasteiger partial charge in [-0.15, -0.1) is 0 Å². The number of aromatic amines is 1. The predicted molar refractivity (Wildman–Crippen MR) is 86.8 cm³/mol. The standard InChI is InChI=1S/C16H17N3OS/c1-10(2)20-13-8-5-9-14(15(13)17)21-16-18-11-6-3-4-7-12(11)19-16/h3-10H,17H2,1-2H3,(H,18,19). The van der Waals surface area contributed by atoms with Gasteiger partial charge in [0, 0.05) is 4.90 Å². The van der Waals surface area contributed by atoms with Crippen molar-refractivity contribution in [3.63, 3.8) is 0 Å². The Labute approximate surface area is 127 Å². The second-order valence-corrected chi connectivity index (χ2v) is 6.03. The first-order valence-electron chi connectivity index (χ1n) is 6.81. The van der Waals surface area contributed by atoms with E-state index in [4.69, 9.17) is 10.5 Å². The van der Waals surface area contributed by atoms with Gasteiger partial charge >= 0.3 is 0 Å². The summed E-state index contributed by atoms with van der Waals surface area (Å²) in [4.78, 5) is 8.77. The summed E-state index contributed by atoms with van der Waals surface area (Å²) in [5, 5.41) is 0.824. The molecule has 0 bridgehead atoms. The predicted octanol–water partition coefficient (Wildman–Crippen LogP) is 4.08. The summed E-state index contributed by atoms with van der Waals surface area (Å²) in [7, 11) is 0. The topological polar surface area (TPSA) is 63.9 Å². The van der Waals surface area contributed by atoms with E-state index in [1.54, 1.807) is 0 Å². The third-order valence-corrected chi connectivity index (χ3v) is 3.93. The first-order chi connectivity index (χ1) is 10.1. The van der Waals surface area contributed by atoms with Crippen LogP contribution in [0.3, 0.4) is 0 Å². The summed E-state index contributed by atoms with van der Waals surface area (Å²) in [6.45, 7) is 3.97. The molecule has 0 fully saturated rings. The van der Waals surface area contributed by atoms with Crippen molar-refractivity contribution in [1.82, 2.24) is 9.97 Å². The summed E-state index contributed by atoms with van der Waals surface area (Å²) >= 11 is 1.51. The van der Waals surface area contributed by atoms with Crippen molar-refractivity contribution in [1.29, 1.82) is 0 Å². The molecule has 21 heavy (non-hydrogen) atoms. The van der Waals surface area contributed by atoms with E-state index in [1.165, 1.54) is 11.8 Å². The number of benzene rings is 2. The van der Waals surface area contributed by atoms with E-state index < -0.39 is 0 Å². The molecule has 1 heterocycles. The molecule has 0 radical (unpaired) electrons. The molecule has 0 atom stereocenters. The number of nitrogen functional groups attached to an aromatic ring is 1. The van der Waals surface area contributed by atoms with Gasteiger partial charge in [0.2, 0.25) is 0 Å². The van der Waals surface area contributed by atoms with Crippen LogP contribution < -0.4 is 10.5 Å². The Morgan fingerprint density at radius 3 is 2.71 bits per heavy atom. The number of fused-ring (bicyclic) bond motifs is 1. The maximum atomic E-state index is 6.19. The number of hydrogen-bond acceptors (Lipinski definition) is 4. The van der Waals surface area contributed by atoms with Crippen LogP contribution in [0.1, 0.15) is 13.8 Å². The van der Waals surface area contributed by atoms with Crippen molar-refractivity contribution in [2.24, 2.45) is 0 Å². The largest absolute Gasteiger partial charge is 0.489 e. The number of nitrogens with two attached hydrogens (primary N) is 1. The summed E-state index contributed by atoms with van der Waals surface area (Å²) in [5.41, 5.74) is 8.81. The number of aromatic nitrogens is 2. The fourth-order valence-electron chi connectivity index (χ4n) is 2.05. The Morgan fingerprint density at radius 1 is 1.14 bits per heavy atom. The Bertz CT molecular complexity index is 734. The van der Waals surface area contributed by atoms with E-state index in [0.717, 1.165) is 21.1 Å². The average molecular weight is 299 g/mol. The molecular formula is C16H17N3OS. The minimum Gasteiger partial charge on any atom is -0.489 e. The van der Waals surface area contributed by atoms with E-state index in [1.807, 2.05) is 56.3 Å². The van der Waals surface area contributed by atoms with Crippen molar-refractivity contribution < 1.29 is 4.74 Å². The molecule has 0 saturated carbocycles. The van der Waals surface area contributed by atoms with Crippen LogP contribution in [-0.2, 0) is 0 Å². The summed E-state index contributed by atoms with van der Waals surface area (Å²) in [6, 6.07) is 13.8. The molecular weight excluding hydrogens is 282 g/mol. The summed E-state index contributed by atoms with van der Waals surface area (Å²) in [5.74, 6) is 0.714. The van der Waals surface area contributed by atoms with Crippen LogP contribution in [-0.4, -0.2) is 16.1 Å². The molecule has 0 saturated heterocycles. The number of para-hydroxylation sites is 3. The van der Waals surface area contributed by atoms with Crippen molar-refractivity contribution >= 4 is 28.5 Å². The third kappa shape index (κ3) is 2.97. The summed E-state index contributed by atoms with van der Waals surface area (Å²) in [6.07, 6.45) is 0.0961. The zero-order valence-corrected chi connectivity index (χ0v) is 12.8. The lowest BCUT2D eigenvalue weighted by molar-refractivity contribution is 0.243. The molecule has 0 aliphatic rings. The highest BCUT2D eigenvalue weighted by Crippen LogP contribution is 2.36. The highest BCUT2D eigenvalue weighted by Gasteiger charge is 2.11. The minimum atomic E-state index is 0.0961. The Morgan fingerprint density at radius 2 is 1.95 bits per heavy atom. The Hall–Kier alpha value is -2.14. The molecule has 0 aliphatic carbocycles. The minimum absolute atomic E-state index is 0.0961. The van der Waals surface area contributed by atoms with Crippen LogP contribution in [0.2, 0.25) is 0 Å². The van der Waals surface area contributed by atoms with Gasteiger partial charge in [-0.2, -0.15) is 0 Å². The van der Waals surface area contributed by atoms with Gasteiger partial charge in [-0.3, -0.25) is 0 Å². The smallest absolute Gasteiger partial charge is 0.171 e. The lowest BCUT2D eigenvalue weighted by Gasteiger charge is -2.13. The van der Waals surface area contributed by atoms with Crippen molar-refractivity contribution in [3.8, 4) is 5.75 Å². The van der Waals surface area contributed by atoms with Crippen LogP contribution in [0.15, 0.2) is 52.5 Å². The molecule has 2 aromatic carbocycles. The SMILES string of the molecule is CC(C)Oc1cccc(Sc2nc3ccccc3[nH]2)c1N. The molecule has 108 valence electrons. The van der Waals surface area contributed by atoms with E-state index >= 15 is 0 Å². The van der Waals surface area contributed by atoms with Crippen LogP contribution in [0.4, 0.5) is 5.69 Å². The molecule has 0 aliphatic heterocycles. The highest BCUT2D eigenvalue weighted by molar-refractivity contribution is 7.99. The molecule has 0 spiro atoms. The molecule has 3 aromatic rings. The van der Waals surface area contributed by atoms with Gasteiger partial charge in [0.15, 0.2) is 5.16 Å². The number of rotatable bonds is 4. The number of ether oxygens (including phenoxy) is 1. The van der Waals surface area contributed by atoms with E-state index in [9.17, 15) is 0 Å². The molecule has 3 N–H and O–H groups in total. The molecule has 4 nitrogen and oxygen atoms in total. The van der Waals surface area contributed by atoms with Gasteiger partial charge in [-0.1, -0.05) is 18.2 Å². The number of anilines is 1. The van der Waals surface area contributed by atoms with Crippen molar-refractivity contribution in [2.75, 3.05) is 5.73 Å². The Balaban J connectivity index is 1.90. The van der Waals surface area contributed by atoms with Crippen molar-refractivity contribution in [2.45, 2.75) is 30.0 Å². The molecule has 0 unspecified atom stereocenters. The third-order valence-electron chi connectivity index (χ3n) is 2.96. The Kier molecular flexibility index (Phi) is 3.75. The molecule has 0 amide bonds. The first-order valence-corrected chi connectivity index (χ1v) is 7.63. The van der Waals surface area contributed by atoms with Crippen molar-refractivity contribution in [3.05, 3.63) is 42.5 Å². The number of hydrogen-bond donors (Lipinski definition) is 2. The molecule has 3 rings (SSSR count). The van der Waals surface area contributed by atoms with Crippen LogP contribution in [0, 0.1) is 0 Å². The maximum Gasteiger partial charge on any atom is 0.171 e. The monoisotopic (exact) mass is 299 g/mol. The number of nitrogens with zero attached hydrogens (tertiary/aromatic N) is 1. The van der Waals surface area contributed by atoms with Gasteiger partial charge in [0.1, 0.15) is 5.75 Å². The van der Waals surface area contributed by atoms with Crippen LogP contribution in [0.25, 0.3) is 11.0 Å². The number of nitrogens with one attached hydrogen (secondary N) is 1. The van der Waals surface area contributed by atoms with Gasteiger partial charge in [-0.05, 0) is 49.9 Å². The highest BCUT2D eigenvalue weighted by atomic mass is 32.2. The zero-order chi connectivity index (χ0) is 14.8. The van der Waals surface area contributed by atoms with Crippen LogP contribution in [0.5, 0.6) is 5.75 Å². The van der Waals surface area contributed by atoms with Gasteiger partial charge in [0.05, 0.1) is 22.8 Å². The fraction of sp³-hybridized carbons (Fsp3) is 0.188. The van der Waals surface area contributed by atoms with E-state index in [0.29, 0.717) is 11.4 Å². The van der Waals surface area contributed by atoms with E-state index in [-0.39, 0.29) is 6.10 Å². The maximum absolute atomic E-state index is 6.19. The fourth-order valence-corrected chi connectivity index (χ4v) is 2.92. The average Bonchev–Trinajstić information content (AvgIpc) is 2.85. The van der Waals surface area contributed by atoms with Gasteiger partial charge in [-0.25, -0.2) is 4.98 Å². The second-order valence-electron chi connectivity index (χ2n) is 5.00. The quantitative estimate of drug-likeness (QED) is 0.712. The first kappa shape index (κ1) is 13.8. The second kappa shape index (κ2) is 5.69. The normalized spacial score (nSPS) is 11.2. The summed E-state index contributed by atoms with van der Waals surface area (Å²) < 4.78 is 5.71. The lowest BCUT2D eigenvalue weighted by atomic mass is 10.3. The number of imidazole rings is 1. The molecule has 5 heteroatoms. The van der Waals surface area contributed by atoms with Gasteiger partial charge < -0.3 is 15.5 Å².